The van der Waals surface area contributed by atoms with E-state index in [0.717, 1.165) is 21.8 Å². The SMILES string of the molecule is O=C(Oc1ccccc1)[n+]1c2ccccc2cc2ccccc21. The highest BCUT2D eigenvalue weighted by molar-refractivity contribution is 5.91. The molecule has 0 saturated heterocycles. The lowest BCUT2D eigenvalue weighted by molar-refractivity contribution is -0.526. The number of rotatable bonds is 1. The molecule has 110 valence electrons. The zero-order valence-electron chi connectivity index (χ0n) is 12.3. The van der Waals surface area contributed by atoms with E-state index in [4.69, 9.17) is 4.74 Å². The maximum absolute atomic E-state index is 12.8. The van der Waals surface area contributed by atoms with Crippen LogP contribution in [0.3, 0.4) is 0 Å². The van der Waals surface area contributed by atoms with Crippen molar-refractivity contribution in [2.45, 2.75) is 0 Å². The number of carbonyl (C=O) groups excluding carboxylic acids is 1. The Morgan fingerprint density at radius 2 is 1.22 bits per heavy atom. The number of hydrogen-bond donors (Lipinski definition) is 0. The van der Waals surface area contributed by atoms with E-state index in [1.165, 1.54) is 0 Å². The summed E-state index contributed by atoms with van der Waals surface area (Å²) in [5.74, 6) is 0.530. The molecule has 0 spiro atoms. The summed E-state index contributed by atoms with van der Waals surface area (Å²) in [6, 6.07) is 26.8. The minimum Gasteiger partial charge on any atom is -0.372 e. The molecule has 3 heteroatoms. The van der Waals surface area contributed by atoms with Crippen LogP contribution in [-0.4, -0.2) is 6.09 Å². The average Bonchev–Trinajstić information content (AvgIpc) is 2.60. The molecule has 0 amide bonds. The molecule has 3 aromatic carbocycles. The number of carbonyl (C=O) groups is 1. The molecule has 0 saturated carbocycles. The molecular formula is C20H14NO2+. The van der Waals surface area contributed by atoms with Gasteiger partial charge in [-0.1, -0.05) is 47.0 Å². The lowest BCUT2D eigenvalue weighted by atomic mass is 10.1. The quantitative estimate of drug-likeness (QED) is 0.387. The number of hydrogen-bond acceptors (Lipinski definition) is 2. The van der Waals surface area contributed by atoms with Gasteiger partial charge >= 0.3 is 6.09 Å². The van der Waals surface area contributed by atoms with E-state index in [0.29, 0.717) is 5.75 Å². The lowest BCUT2D eigenvalue weighted by Crippen LogP contribution is -2.46. The Labute approximate surface area is 133 Å². The second-order valence-corrected chi connectivity index (χ2v) is 5.28. The molecule has 0 unspecified atom stereocenters. The second-order valence-electron chi connectivity index (χ2n) is 5.28. The van der Waals surface area contributed by atoms with Crippen molar-refractivity contribution in [1.29, 1.82) is 0 Å². The Balaban J connectivity index is 1.94. The summed E-state index contributed by atoms with van der Waals surface area (Å²) in [6.07, 6.45) is -0.413. The first kappa shape index (κ1) is 13.5. The van der Waals surface area contributed by atoms with Gasteiger partial charge in [0.2, 0.25) is 11.0 Å². The van der Waals surface area contributed by atoms with Crippen molar-refractivity contribution in [2.75, 3.05) is 0 Å². The number of benzene rings is 3. The van der Waals surface area contributed by atoms with Gasteiger partial charge in [-0.15, -0.1) is 0 Å². The number of fused-ring (bicyclic) bond motifs is 2. The molecule has 4 aromatic rings. The molecule has 1 heterocycles. The van der Waals surface area contributed by atoms with E-state index in [9.17, 15) is 4.79 Å². The number of para-hydroxylation sites is 3. The van der Waals surface area contributed by atoms with Crippen LogP contribution in [0, 0.1) is 0 Å². The van der Waals surface area contributed by atoms with E-state index in [1.807, 2.05) is 66.7 Å². The maximum atomic E-state index is 12.8. The molecule has 0 radical (unpaired) electrons. The molecule has 23 heavy (non-hydrogen) atoms. The van der Waals surface area contributed by atoms with Crippen LogP contribution < -0.4 is 9.30 Å². The largest absolute Gasteiger partial charge is 0.608 e. The summed E-state index contributed by atoms with van der Waals surface area (Å²) in [5, 5.41) is 1.99. The van der Waals surface area contributed by atoms with Gasteiger partial charge in [0.1, 0.15) is 5.75 Å². The molecular weight excluding hydrogens is 286 g/mol. The van der Waals surface area contributed by atoms with Crippen molar-refractivity contribution in [3.63, 3.8) is 0 Å². The summed E-state index contributed by atoms with van der Waals surface area (Å²) >= 11 is 0. The van der Waals surface area contributed by atoms with Gasteiger partial charge in [0, 0.05) is 22.9 Å². The van der Waals surface area contributed by atoms with Crippen molar-refractivity contribution < 1.29 is 14.1 Å². The first-order valence-electron chi connectivity index (χ1n) is 7.43. The molecule has 0 aliphatic carbocycles. The third-order valence-corrected chi connectivity index (χ3v) is 3.80. The van der Waals surface area contributed by atoms with Crippen LogP contribution >= 0.6 is 0 Å². The van der Waals surface area contributed by atoms with Crippen LogP contribution in [-0.2, 0) is 0 Å². The minimum atomic E-state index is -0.413. The van der Waals surface area contributed by atoms with Crippen molar-refractivity contribution >= 4 is 27.9 Å². The number of nitrogens with zero attached hydrogens (tertiary/aromatic N) is 1. The fourth-order valence-electron chi connectivity index (χ4n) is 2.76. The number of aromatic nitrogens is 1. The Hall–Kier alpha value is -3.20. The highest BCUT2D eigenvalue weighted by Crippen LogP contribution is 2.18. The zero-order chi connectivity index (χ0) is 15.6. The van der Waals surface area contributed by atoms with Gasteiger partial charge in [-0.2, -0.15) is 4.79 Å². The summed E-state index contributed by atoms with van der Waals surface area (Å²) in [5.41, 5.74) is 1.65. The Kier molecular flexibility index (Phi) is 3.24. The Morgan fingerprint density at radius 1 is 0.696 bits per heavy atom. The maximum Gasteiger partial charge on any atom is 0.608 e. The topological polar surface area (TPSA) is 30.2 Å². The summed E-state index contributed by atoms with van der Waals surface area (Å²) < 4.78 is 7.16. The minimum absolute atomic E-state index is 0.413. The first-order chi connectivity index (χ1) is 11.3. The molecule has 0 atom stereocenters. The summed E-state index contributed by atoms with van der Waals surface area (Å²) in [6.45, 7) is 0. The van der Waals surface area contributed by atoms with Gasteiger partial charge in [-0.25, -0.2) is 0 Å². The van der Waals surface area contributed by atoms with Gasteiger partial charge in [0.25, 0.3) is 0 Å². The highest BCUT2D eigenvalue weighted by atomic mass is 16.6. The van der Waals surface area contributed by atoms with E-state index < -0.39 is 6.09 Å². The van der Waals surface area contributed by atoms with Crippen LogP contribution in [0.25, 0.3) is 21.8 Å². The molecule has 0 N–H and O–H groups in total. The van der Waals surface area contributed by atoms with Gasteiger partial charge in [0.05, 0.1) is 0 Å². The molecule has 1 aromatic heterocycles. The predicted octanol–water partition coefficient (Wildman–Crippen LogP) is 4.33. The van der Waals surface area contributed by atoms with E-state index in [2.05, 4.69) is 6.07 Å². The number of ether oxygens (including phenoxy) is 1. The fraction of sp³-hybridized carbons (Fsp3) is 0. The Morgan fingerprint density at radius 3 is 1.83 bits per heavy atom. The summed E-state index contributed by atoms with van der Waals surface area (Å²) in [4.78, 5) is 12.8. The predicted molar refractivity (Wildman–Crippen MR) is 89.5 cm³/mol. The first-order valence-corrected chi connectivity index (χ1v) is 7.43. The van der Waals surface area contributed by atoms with Gasteiger partial charge in [-0.3, -0.25) is 0 Å². The lowest BCUT2D eigenvalue weighted by Gasteiger charge is -2.04. The van der Waals surface area contributed by atoms with Crippen molar-refractivity contribution in [1.82, 2.24) is 0 Å². The molecule has 3 nitrogen and oxygen atoms in total. The van der Waals surface area contributed by atoms with Crippen molar-refractivity contribution in [3.8, 4) is 5.75 Å². The standard InChI is InChI=1S/C20H14NO2/c22-20(23-17-10-2-1-3-11-17)21-18-12-6-4-8-15(18)14-16-9-5-7-13-19(16)21/h1-14H/q+1. The van der Waals surface area contributed by atoms with Crippen molar-refractivity contribution in [2.24, 2.45) is 0 Å². The molecule has 0 aliphatic rings. The monoisotopic (exact) mass is 300 g/mol. The van der Waals surface area contributed by atoms with Crippen LogP contribution in [0.2, 0.25) is 0 Å². The fourth-order valence-corrected chi connectivity index (χ4v) is 2.76. The summed E-state index contributed by atoms with van der Waals surface area (Å²) in [7, 11) is 0. The third-order valence-electron chi connectivity index (χ3n) is 3.80. The Bertz CT molecular complexity index is 956. The van der Waals surface area contributed by atoms with Crippen LogP contribution in [0.4, 0.5) is 4.79 Å². The smallest absolute Gasteiger partial charge is 0.372 e. The molecule has 0 aliphatic heterocycles. The third kappa shape index (κ3) is 2.42. The van der Waals surface area contributed by atoms with Crippen LogP contribution in [0.1, 0.15) is 0 Å². The van der Waals surface area contributed by atoms with Crippen LogP contribution in [0.15, 0.2) is 84.9 Å². The zero-order valence-corrected chi connectivity index (χ0v) is 12.3. The van der Waals surface area contributed by atoms with Crippen LogP contribution in [0.5, 0.6) is 5.75 Å². The molecule has 0 fully saturated rings. The van der Waals surface area contributed by atoms with E-state index in [-0.39, 0.29) is 0 Å². The highest BCUT2D eigenvalue weighted by Gasteiger charge is 2.25. The number of pyridine rings is 1. The van der Waals surface area contributed by atoms with Crippen molar-refractivity contribution in [3.05, 3.63) is 84.9 Å². The van der Waals surface area contributed by atoms with Gasteiger partial charge in [-0.05, 0) is 30.3 Å². The van der Waals surface area contributed by atoms with E-state index >= 15 is 0 Å². The molecule has 0 bridgehead atoms. The normalized spacial score (nSPS) is 10.8. The second kappa shape index (κ2) is 5.54. The van der Waals surface area contributed by atoms with E-state index in [1.54, 1.807) is 16.7 Å². The van der Waals surface area contributed by atoms with Gasteiger partial charge < -0.3 is 4.74 Å². The van der Waals surface area contributed by atoms with Gasteiger partial charge in [0.15, 0.2) is 0 Å². The average molecular weight is 300 g/mol. The molecule has 4 rings (SSSR count).